The molecule has 0 aliphatic heterocycles. The van der Waals surface area contributed by atoms with Crippen LogP contribution in [0.15, 0.2) is 60.7 Å². The first-order valence-electron chi connectivity index (χ1n) is 9.68. The van der Waals surface area contributed by atoms with Gasteiger partial charge in [-0.15, -0.1) is 0 Å². The van der Waals surface area contributed by atoms with Crippen molar-refractivity contribution >= 4 is 30.3 Å². The molecule has 4 heteroatoms. The van der Waals surface area contributed by atoms with Crippen LogP contribution in [0.2, 0.25) is 5.04 Å². The molecule has 0 bridgehead atoms. The van der Waals surface area contributed by atoms with Gasteiger partial charge in [0.25, 0.3) is 8.32 Å². The van der Waals surface area contributed by atoms with Crippen LogP contribution in [-0.4, -0.2) is 26.5 Å². The summed E-state index contributed by atoms with van der Waals surface area (Å²) in [5.41, 5.74) is 0. The highest BCUT2D eigenvalue weighted by Crippen LogP contribution is 2.37. The van der Waals surface area contributed by atoms with Gasteiger partial charge in [-0.3, -0.25) is 9.59 Å². The first-order chi connectivity index (χ1) is 12.9. The number of Topliss-reactive ketones (excluding diaryl/α,β-unsaturated/α-hetero) is 2. The standard InChI is InChI=1S/C23H28O3Si/c1-23(2,3)27(19-10-6-4-7-11-19,20-12-8-5-9-13-20)26-17-16-18-14-15-21(24)22(18)25/h4-13,18H,14-17H2,1-3H3. The number of rotatable bonds is 6. The second-order valence-corrected chi connectivity index (χ2v) is 12.6. The number of benzene rings is 2. The van der Waals surface area contributed by atoms with Gasteiger partial charge in [0.2, 0.25) is 5.78 Å². The Balaban J connectivity index is 1.94. The Morgan fingerprint density at radius 1 is 0.926 bits per heavy atom. The topological polar surface area (TPSA) is 43.4 Å². The van der Waals surface area contributed by atoms with E-state index in [-0.39, 0.29) is 22.5 Å². The van der Waals surface area contributed by atoms with Gasteiger partial charge >= 0.3 is 0 Å². The van der Waals surface area contributed by atoms with E-state index in [0.29, 0.717) is 25.9 Å². The monoisotopic (exact) mass is 380 g/mol. The highest BCUT2D eigenvalue weighted by Gasteiger charge is 2.50. The van der Waals surface area contributed by atoms with E-state index in [9.17, 15) is 9.59 Å². The minimum absolute atomic E-state index is 0.0782. The van der Waals surface area contributed by atoms with E-state index >= 15 is 0 Å². The molecule has 1 saturated carbocycles. The number of carbonyl (C=O) groups is 2. The van der Waals surface area contributed by atoms with Gasteiger partial charge in [-0.05, 0) is 28.3 Å². The molecule has 27 heavy (non-hydrogen) atoms. The second-order valence-electron chi connectivity index (χ2n) is 8.32. The van der Waals surface area contributed by atoms with Crippen molar-refractivity contribution < 1.29 is 14.0 Å². The molecule has 0 saturated heterocycles. The fourth-order valence-corrected chi connectivity index (χ4v) is 8.76. The van der Waals surface area contributed by atoms with E-state index in [1.807, 2.05) is 12.1 Å². The maximum Gasteiger partial charge on any atom is 0.261 e. The molecule has 1 aliphatic rings. The van der Waals surface area contributed by atoms with Crippen LogP contribution >= 0.6 is 0 Å². The molecule has 1 atom stereocenters. The minimum Gasteiger partial charge on any atom is -0.407 e. The van der Waals surface area contributed by atoms with Gasteiger partial charge in [-0.25, -0.2) is 0 Å². The van der Waals surface area contributed by atoms with Crippen molar-refractivity contribution in [2.75, 3.05) is 6.61 Å². The summed E-state index contributed by atoms with van der Waals surface area (Å²) in [7, 11) is -2.56. The quantitative estimate of drug-likeness (QED) is 0.569. The van der Waals surface area contributed by atoms with Crippen molar-refractivity contribution in [3.8, 4) is 0 Å². The van der Waals surface area contributed by atoms with Crippen LogP contribution in [-0.2, 0) is 14.0 Å². The molecule has 1 fully saturated rings. The van der Waals surface area contributed by atoms with E-state index in [4.69, 9.17) is 4.43 Å². The molecular formula is C23H28O3Si. The van der Waals surface area contributed by atoms with Gasteiger partial charge in [0.1, 0.15) is 0 Å². The molecule has 0 spiro atoms. The Labute approximate surface area is 162 Å². The Bertz CT molecular complexity index is 754. The Morgan fingerprint density at radius 2 is 1.44 bits per heavy atom. The zero-order valence-electron chi connectivity index (χ0n) is 16.4. The third-order valence-electron chi connectivity index (χ3n) is 5.57. The summed E-state index contributed by atoms with van der Waals surface area (Å²) in [4.78, 5) is 23.6. The van der Waals surface area contributed by atoms with Crippen molar-refractivity contribution in [3.05, 3.63) is 60.7 Å². The molecule has 0 aromatic heterocycles. The van der Waals surface area contributed by atoms with Gasteiger partial charge < -0.3 is 4.43 Å². The Hall–Kier alpha value is -2.04. The molecule has 0 heterocycles. The highest BCUT2D eigenvalue weighted by atomic mass is 28.4. The smallest absolute Gasteiger partial charge is 0.261 e. The zero-order chi connectivity index (χ0) is 19.5. The van der Waals surface area contributed by atoms with E-state index < -0.39 is 8.32 Å². The summed E-state index contributed by atoms with van der Waals surface area (Å²) < 4.78 is 6.79. The van der Waals surface area contributed by atoms with Crippen molar-refractivity contribution in [1.29, 1.82) is 0 Å². The van der Waals surface area contributed by atoms with E-state index in [1.54, 1.807) is 0 Å². The summed E-state index contributed by atoms with van der Waals surface area (Å²) in [6, 6.07) is 21.0. The molecule has 2 aromatic rings. The van der Waals surface area contributed by atoms with Crippen molar-refractivity contribution in [2.24, 2.45) is 5.92 Å². The molecule has 3 rings (SSSR count). The Morgan fingerprint density at radius 3 is 1.85 bits per heavy atom. The molecule has 142 valence electrons. The van der Waals surface area contributed by atoms with Gasteiger partial charge in [0.15, 0.2) is 5.78 Å². The first-order valence-corrected chi connectivity index (χ1v) is 11.6. The molecular weight excluding hydrogens is 352 g/mol. The summed E-state index contributed by atoms with van der Waals surface area (Å²) in [6.07, 6.45) is 1.68. The molecule has 3 nitrogen and oxygen atoms in total. The lowest BCUT2D eigenvalue weighted by Crippen LogP contribution is -2.66. The highest BCUT2D eigenvalue weighted by molar-refractivity contribution is 6.99. The van der Waals surface area contributed by atoms with Gasteiger partial charge in [-0.2, -0.15) is 0 Å². The van der Waals surface area contributed by atoms with Crippen LogP contribution in [0.5, 0.6) is 0 Å². The maximum atomic E-state index is 12.0. The predicted octanol–water partition coefficient (Wildman–Crippen LogP) is 3.50. The predicted molar refractivity (Wildman–Crippen MR) is 111 cm³/mol. The average Bonchev–Trinajstić information content (AvgIpc) is 2.98. The molecule has 1 unspecified atom stereocenters. The van der Waals surface area contributed by atoms with Crippen LogP contribution < -0.4 is 10.4 Å². The minimum atomic E-state index is -2.56. The lowest BCUT2D eigenvalue weighted by molar-refractivity contribution is -0.135. The van der Waals surface area contributed by atoms with Crippen LogP contribution in [0, 0.1) is 5.92 Å². The summed E-state index contributed by atoms with van der Waals surface area (Å²) >= 11 is 0. The van der Waals surface area contributed by atoms with Crippen molar-refractivity contribution in [3.63, 3.8) is 0 Å². The Kier molecular flexibility index (Phi) is 5.77. The van der Waals surface area contributed by atoms with E-state index in [0.717, 1.165) is 0 Å². The molecule has 2 aromatic carbocycles. The molecule has 1 aliphatic carbocycles. The van der Waals surface area contributed by atoms with Gasteiger partial charge in [0.05, 0.1) is 0 Å². The normalized spacial score (nSPS) is 18.1. The average molecular weight is 381 g/mol. The van der Waals surface area contributed by atoms with Crippen LogP contribution in [0.3, 0.4) is 0 Å². The molecule has 0 radical (unpaired) electrons. The van der Waals surface area contributed by atoms with Crippen molar-refractivity contribution in [2.45, 2.75) is 45.1 Å². The number of hydrogen-bond donors (Lipinski definition) is 0. The van der Waals surface area contributed by atoms with Gasteiger partial charge in [0, 0.05) is 18.9 Å². The van der Waals surface area contributed by atoms with Crippen molar-refractivity contribution in [1.82, 2.24) is 0 Å². The van der Waals surface area contributed by atoms with E-state index in [1.165, 1.54) is 10.4 Å². The lowest BCUT2D eigenvalue weighted by Gasteiger charge is -2.43. The zero-order valence-corrected chi connectivity index (χ0v) is 17.4. The summed E-state index contributed by atoms with van der Waals surface area (Å²) in [6.45, 7) is 7.22. The third-order valence-corrected chi connectivity index (χ3v) is 10.6. The van der Waals surface area contributed by atoms with Crippen LogP contribution in [0.25, 0.3) is 0 Å². The largest absolute Gasteiger partial charge is 0.407 e. The third kappa shape index (κ3) is 3.82. The number of carbonyl (C=O) groups excluding carboxylic acids is 2. The van der Waals surface area contributed by atoms with Crippen LogP contribution in [0.1, 0.15) is 40.0 Å². The molecule has 0 amide bonds. The number of hydrogen-bond acceptors (Lipinski definition) is 3. The fourth-order valence-electron chi connectivity index (χ4n) is 4.18. The lowest BCUT2D eigenvalue weighted by atomic mass is 10.0. The second kappa shape index (κ2) is 7.91. The first kappa shape index (κ1) is 19.7. The molecule has 0 N–H and O–H groups in total. The SMILES string of the molecule is CC(C)(C)[Si](OCCC1CCC(=O)C1=O)(c1ccccc1)c1ccccc1. The summed E-state index contributed by atoms with van der Waals surface area (Å²) in [5, 5.41) is 2.39. The summed E-state index contributed by atoms with van der Waals surface area (Å²) in [5.74, 6) is -0.595. The number of ketones is 2. The van der Waals surface area contributed by atoms with Crippen LogP contribution in [0.4, 0.5) is 0 Å². The fraction of sp³-hybridized carbons (Fsp3) is 0.391. The maximum absolute atomic E-state index is 12.0. The van der Waals surface area contributed by atoms with E-state index in [2.05, 4.69) is 69.3 Å². The van der Waals surface area contributed by atoms with Gasteiger partial charge in [-0.1, -0.05) is 81.4 Å².